The molecule has 4 aromatic rings. The van der Waals surface area contributed by atoms with Crippen LogP contribution in [0.25, 0.3) is 22.1 Å². The molecular formula is C26H22N2O4. The van der Waals surface area contributed by atoms with Crippen molar-refractivity contribution in [1.82, 2.24) is 0 Å². The highest BCUT2D eigenvalue weighted by Crippen LogP contribution is 2.23. The number of hydrogen-bond donors (Lipinski definition) is 2. The minimum absolute atomic E-state index is 0.0714. The van der Waals surface area contributed by atoms with Crippen LogP contribution in [0.5, 0.6) is 0 Å². The zero-order chi connectivity index (χ0) is 22.5. The minimum atomic E-state index is -0.461. The van der Waals surface area contributed by atoms with Gasteiger partial charge in [0.1, 0.15) is 5.58 Å². The average molecular weight is 426 g/mol. The van der Waals surface area contributed by atoms with Gasteiger partial charge < -0.3 is 15.1 Å². The Balaban J connectivity index is 1.57. The maximum Gasteiger partial charge on any atom is 0.344 e. The Bertz CT molecular complexity index is 1360. The summed E-state index contributed by atoms with van der Waals surface area (Å²) >= 11 is 0. The van der Waals surface area contributed by atoms with Crippen LogP contribution in [0.2, 0.25) is 0 Å². The molecule has 1 aromatic heterocycles. The first-order chi connectivity index (χ1) is 15.5. The second-order valence-corrected chi connectivity index (χ2v) is 7.40. The Labute approximate surface area is 184 Å². The third kappa shape index (κ3) is 4.75. The largest absolute Gasteiger partial charge is 0.422 e. The number of nitrogens with one attached hydrogen (secondary N) is 2. The molecule has 0 bridgehead atoms. The van der Waals surface area contributed by atoms with Gasteiger partial charge in [-0.3, -0.25) is 9.59 Å². The fourth-order valence-electron chi connectivity index (χ4n) is 3.42. The first kappa shape index (κ1) is 21.1. The molecule has 6 heteroatoms. The SMILES string of the molecule is CCCC(=O)Nc1cccc(NC(=O)c2cccc(-c3cc4ccccc4oc3=O)c2)c1. The monoisotopic (exact) mass is 426 g/mol. The van der Waals surface area contributed by atoms with E-state index in [-0.39, 0.29) is 11.8 Å². The van der Waals surface area contributed by atoms with E-state index in [0.29, 0.717) is 40.1 Å². The van der Waals surface area contributed by atoms with Crippen molar-refractivity contribution in [2.75, 3.05) is 10.6 Å². The number of anilines is 2. The van der Waals surface area contributed by atoms with Gasteiger partial charge in [0, 0.05) is 28.7 Å². The molecule has 32 heavy (non-hydrogen) atoms. The van der Waals surface area contributed by atoms with Crippen molar-refractivity contribution in [2.45, 2.75) is 19.8 Å². The molecule has 0 aliphatic rings. The molecule has 0 spiro atoms. The number of hydrogen-bond acceptors (Lipinski definition) is 4. The van der Waals surface area contributed by atoms with Gasteiger partial charge >= 0.3 is 5.63 Å². The van der Waals surface area contributed by atoms with Crippen molar-refractivity contribution in [2.24, 2.45) is 0 Å². The molecule has 0 saturated heterocycles. The zero-order valence-corrected chi connectivity index (χ0v) is 17.6. The Hall–Kier alpha value is -4.19. The van der Waals surface area contributed by atoms with E-state index in [0.717, 1.165) is 11.8 Å². The molecule has 3 aromatic carbocycles. The molecule has 0 radical (unpaired) electrons. The van der Waals surface area contributed by atoms with E-state index < -0.39 is 5.63 Å². The van der Waals surface area contributed by atoms with Crippen LogP contribution in [0.15, 0.2) is 88.1 Å². The number of carbonyl (C=O) groups is 2. The number of para-hydroxylation sites is 1. The van der Waals surface area contributed by atoms with Crippen molar-refractivity contribution in [1.29, 1.82) is 0 Å². The number of fused-ring (bicyclic) bond motifs is 1. The predicted molar refractivity (Wildman–Crippen MR) is 126 cm³/mol. The van der Waals surface area contributed by atoms with Gasteiger partial charge in [0.15, 0.2) is 0 Å². The molecule has 4 rings (SSSR count). The Morgan fingerprint density at radius 1 is 0.844 bits per heavy atom. The van der Waals surface area contributed by atoms with Gasteiger partial charge in [0.25, 0.3) is 5.91 Å². The average Bonchev–Trinajstić information content (AvgIpc) is 2.79. The van der Waals surface area contributed by atoms with Crippen molar-refractivity contribution >= 4 is 34.2 Å². The summed E-state index contributed by atoms with van der Waals surface area (Å²) in [6.07, 6.45) is 1.19. The number of benzene rings is 3. The van der Waals surface area contributed by atoms with Crippen LogP contribution in [-0.2, 0) is 4.79 Å². The smallest absolute Gasteiger partial charge is 0.344 e. The first-order valence-corrected chi connectivity index (χ1v) is 10.4. The molecule has 0 atom stereocenters. The Morgan fingerprint density at radius 2 is 1.59 bits per heavy atom. The summed E-state index contributed by atoms with van der Waals surface area (Å²) in [6.45, 7) is 1.94. The molecule has 0 aliphatic carbocycles. The second kappa shape index (κ2) is 9.31. The standard InChI is InChI=1S/C26H22N2O4/c1-2-7-24(29)27-20-11-6-12-21(16-20)28-25(30)19-10-5-9-17(14-19)22-15-18-8-3-4-13-23(18)32-26(22)31/h3-6,8-16H,2,7H2,1H3,(H,27,29)(H,28,30). The van der Waals surface area contributed by atoms with Crippen LogP contribution >= 0.6 is 0 Å². The second-order valence-electron chi connectivity index (χ2n) is 7.40. The van der Waals surface area contributed by atoms with Crippen LogP contribution in [0.1, 0.15) is 30.1 Å². The van der Waals surface area contributed by atoms with E-state index in [4.69, 9.17) is 4.42 Å². The lowest BCUT2D eigenvalue weighted by atomic mass is 10.0. The van der Waals surface area contributed by atoms with Crippen LogP contribution < -0.4 is 16.3 Å². The lowest BCUT2D eigenvalue weighted by molar-refractivity contribution is -0.116. The molecule has 0 saturated carbocycles. The molecule has 0 unspecified atom stereocenters. The summed E-state index contributed by atoms with van der Waals surface area (Å²) in [4.78, 5) is 37.1. The molecule has 160 valence electrons. The molecule has 1 heterocycles. The molecule has 0 aliphatic heterocycles. The van der Waals surface area contributed by atoms with E-state index in [1.807, 2.05) is 19.1 Å². The van der Waals surface area contributed by atoms with Gasteiger partial charge in [-0.15, -0.1) is 0 Å². The summed E-state index contributed by atoms with van der Waals surface area (Å²) in [5.74, 6) is -0.396. The van der Waals surface area contributed by atoms with E-state index in [1.54, 1.807) is 66.7 Å². The third-order valence-corrected chi connectivity index (χ3v) is 4.96. The summed E-state index contributed by atoms with van der Waals surface area (Å²) < 4.78 is 5.41. The third-order valence-electron chi connectivity index (χ3n) is 4.96. The van der Waals surface area contributed by atoms with Gasteiger partial charge in [0.05, 0.1) is 5.56 Å². The van der Waals surface area contributed by atoms with Crippen molar-refractivity contribution in [3.63, 3.8) is 0 Å². The van der Waals surface area contributed by atoms with Gasteiger partial charge in [-0.1, -0.05) is 43.3 Å². The highest BCUT2D eigenvalue weighted by molar-refractivity contribution is 6.05. The highest BCUT2D eigenvalue weighted by Gasteiger charge is 2.12. The van der Waals surface area contributed by atoms with Crippen LogP contribution in [-0.4, -0.2) is 11.8 Å². The predicted octanol–water partition coefficient (Wildman–Crippen LogP) is 5.45. The molecule has 0 fully saturated rings. The molecule has 6 nitrogen and oxygen atoms in total. The van der Waals surface area contributed by atoms with Gasteiger partial charge in [0.2, 0.25) is 5.91 Å². The van der Waals surface area contributed by atoms with Crippen LogP contribution in [0, 0.1) is 0 Å². The number of carbonyl (C=O) groups excluding carboxylic acids is 2. The molecule has 2 amide bonds. The minimum Gasteiger partial charge on any atom is -0.422 e. The first-order valence-electron chi connectivity index (χ1n) is 10.4. The lowest BCUT2D eigenvalue weighted by Gasteiger charge is -2.10. The number of rotatable bonds is 6. The Morgan fingerprint density at radius 3 is 2.41 bits per heavy atom. The van der Waals surface area contributed by atoms with Crippen molar-refractivity contribution in [3.8, 4) is 11.1 Å². The van der Waals surface area contributed by atoms with E-state index in [2.05, 4.69) is 10.6 Å². The normalized spacial score (nSPS) is 10.7. The fraction of sp³-hybridized carbons (Fsp3) is 0.115. The maximum absolute atomic E-state index is 12.8. The van der Waals surface area contributed by atoms with Gasteiger partial charge in [-0.25, -0.2) is 4.79 Å². The fourth-order valence-corrected chi connectivity index (χ4v) is 3.42. The van der Waals surface area contributed by atoms with E-state index in [9.17, 15) is 14.4 Å². The lowest BCUT2D eigenvalue weighted by Crippen LogP contribution is -2.14. The summed E-state index contributed by atoms with van der Waals surface area (Å²) in [7, 11) is 0. The van der Waals surface area contributed by atoms with Gasteiger partial charge in [-0.2, -0.15) is 0 Å². The van der Waals surface area contributed by atoms with Crippen LogP contribution in [0.3, 0.4) is 0 Å². The zero-order valence-electron chi connectivity index (χ0n) is 17.6. The molecule has 2 N–H and O–H groups in total. The number of amides is 2. The van der Waals surface area contributed by atoms with Crippen LogP contribution in [0.4, 0.5) is 11.4 Å². The summed E-state index contributed by atoms with van der Waals surface area (Å²) in [5.41, 5.74) is 2.61. The van der Waals surface area contributed by atoms with E-state index >= 15 is 0 Å². The van der Waals surface area contributed by atoms with Crippen molar-refractivity contribution < 1.29 is 14.0 Å². The summed E-state index contributed by atoms with van der Waals surface area (Å²) in [5, 5.41) is 6.45. The molecular weight excluding hydrogens is 404 g/mol. The summed E-state index contributed by atoms with van der Waals surface area (Å²) in [6, 6.07) is 22.8. The quantitative estimate of drug-likeness (QED) is 0.401. The Kier molecular flexibility index (Phi) is 6.12. The van der Waals surface area contributed by atoms with Gasteiger partial charge in [-0.05, 0) is 54.4 Å². The van der Waals surface area contributed by atoms with E-state index in [1.165, 1.54) is 0 Å². The highest BCUT2D eigenvalue weighted by atomic mass is 16.4. The topological polar surface area (TPSA) is 88.4 Å². The maximum atomic E-state index is 12.8. The van der Waals surface area contributed by atoms with Crippen molar-refractivity contribution in [3.05, 3.63) is 94.8 Å².